The lowest BCUT2D eigenvalue weighted by Gasteiger charge is -2.11. The van der Waals surface area contributed by atoms with Gasteiger partial charge in [0.05, 0.1) is 19.2 Å². The second-order valence-electron chi connectivity index (χ2n) is 5.72. The molecule has 0 saturated heterocycles. The summed E-state index contributed by atoms with van der Waals surface area (Å²) in [5.41, 5.74) is 1.08. The summed E-state index contributed by atoms with van der Waals surface area (Å²) in [6.45, 7) is 0. The summed E-state index contributed by atoms with van der Waals surface area (Å²) in [5, 5.41) is 12.4. The zero-order chi connectivity index (χ0) is 20.3. The Morgan fingerprint density at radius 1 is 1.29 bits per heavy atom. The van der Waals surface area contributed by atoms with Crippen molar-refractivity contribution in [2.75, 3.05) is 12.4 Å². The fourth-order valence-corrected chi connectivity index (χ4v) is 3.43. The van der Waals surface area contributed by atoms with E-state index in [1.165, 1.54) is 36.3 Å². The number of benzene rings is 2. The van der Waals surface area contributed by atoms with Crippen LogP contribution in [0.15, 0.2) is 53.7 Å². The first-order chi connectivity index (χ1) is 13.3. The maximum Gasteiger partial charge on any atom is 0.335 e. The van der Waals surface area contributed by atoms with Gasteiger partial charge in [-0.1, -0.05) is 29.8 Å². The smallest absolute Gasteiger partial charge is 0.335 e. The Balaban J connectivity index is 1.89. The maximum atomic E-state index is 12.3. The number of rotatable bonds is 6. The molecule has 1 aromatic heterocycles. The molecule has 0 bridgehead atoms. The van der Waals surface area contributed by atoms with Crippen molar-refractivity contribution in [3.05, 3.63) is 59.4 Å². The van der Waals surface area contributed by atoms with E-state index in [9.17, 15) is 13.2 Å². The van der Waals surface area contributed by atoms with Gasteiger partial charge in [0.2, 0.25) is 15.9 Å². The number of hydrogen-bond donors (Lipinski definition) is 2. The molecule has 11 heteroatoms. The molecule has 2 aromatic carbocycles. The summed E-state index contributed by atoms with van der Waals surface area (Å²) in [6, 6.07) is 11.3. The molecule has 3 rings (SSSR count). The molecule has 3 aromatic rings. The first-order valence-corrected chi connectivity index (χ1v) is 9.86. The van der Waals surface area contributed by atoms with Crippen LogP contribution in [0, 0.1) is 0 Å². The van der Waals surface area contributed by atoms with Crippen molar-refractivity contribution in [1.82, 2.24) is 14.8 Å². The predicted octanol–water partition coefficient (Wildman–Crippen LogP) is 1.76. The van der Waals surface area contributed by atoms with Gasteiger partial charge in [0.25, 0.3) is 0 Å². The highest BCUT2D eigenvalue weighted by Gasteiger charge is 2.18. The largest absolute Gasteiger partial charge is 0.466 e. The number of nitrogens with one attached hydrogen (secondary N) is 1. The lowest BCUT2D eigenvalue weighted by molar-refractivity contribution is -0.115. The third-order valence-corrected chi connectivity index (χ3v) is 5.07. The minimum atomic E-state index is -4.10. The predicted molar refractivity (Wildman–Crippen MR) is 103 cm³/mol. The van der Waals surface area contributed by atoms with Crippen molar-refractivity contribution < 1.29 is 17.9 Å². The Morgan fingerprint density at radius 2 is 2.04 bits per heavy atom. The standard InChI is InChI=1S/C17H16ClN5O4S/c1-27-17-20-10-23(22-17)14-7-6-12(9-15(14)28(19,25)26)21-16(24)8-11-4-2-3-5-13(11)18/h2-7,9-10H,8H2,1H3,(H,21,24)(H2,19,25,26). The number of primary sulfonamides is 1. The van der Waals surface area contributed by atoms with Crippen molar-refractivity contribution in [2.24, 2.45) is 5.14 Å². The molecule has 1 amide bonds. The molecule has 0 fully saturated rings. The number of methoxy groups -OCH3 is 1. The SMILES string of the molecule is COc1ncn(-c2ccc(NC(=O)Cc3ccccc3Cl)cc2S(N)(=O)=O)n1. The summed E-state index contributed by atoms with van der Waals surface area (Å²) in [5.74, 6) is -0.358. The van der Waals surface area contributed by atoms with E-state index in [0.29, 0.717) is 10.6 Å². The molecule has 3 N–H and O–H groups in total. The van der Waals surface area contributed by atoms with E-state index in [4.69, 9.17) is 21.5 Å². The highest BCUT2D eigenvalue weighted by Crippen LogP contribution is 2.24. The first-order valence-electron chi connectivity index (χ1n) is 7.94. The number of ether oxygens (including phenoxy) is 1. The molecule has 0 aliphatic heterocycles. The van der Waals surface area contributed by atoms with Gasteiger partial charge < -0.3 is 10.1 Å². The van der Waals surface area contributed by atoms with E-state index in [1.807, 2.05) is 0 Å². The van der Waals surface area contributed by atoms with E-state index in [1.54, 1.807) is 24.3 Å². The Kier molecular flexibility index (Phi) is 5.63. The Labute approximate surface area is 166 Å². The summed E-state index contributed by atoms with van der Waals surface area (Å²) in [6.07, 6.45) is 1.32. The van der Waals surface area contributed by atoms with E-state index >= 15 is 0 Å². The fourth-order valence-electron chi connectivity index (χ4n) is 2.49. The minimum Gasteiger partial charge on any atom is -0.466 e. The van der Waals surface area contributed by atoms with Gasteiger partial charge in [-0.25, -0.2) is 18.2 Å². The summed E-state index contributed by atoms with van der Waals surface area (Å²) < 4.78 is 30.2. The van der Waals surface area contributed by atoms with Crippen molar-refractivity contribution in [2.45, 2.75) is 11.3 Å². The average molecular weight is 422 g/mol. The summed E-state index contributed by atoms with van der Waals surface area (Å²) in [4.78, 5) is 15.9. The molecule has 28 heavy (non-hydrogen) atoms. The third-order valence-electron chi connectivity index (χ3n) is 3.76. The molecule has 0 aliphatic rings. The van der Waals surface area contributed by atoms with E-state index in [2.05, 4.69) is 15.4 Å². The Bertz CT molecular complexity index is 1130. The molecule has 0 atom stereocenters. The maximum absolute atomic E-state index is 12.3. The minimum absolute atomic E-state index is 0.0341. The van der Waals surface area contributed by atoms with Crippen LogP contribution in [-0.2, 0) is 21.2 Å². The van der Waals surface area contributed by atoms with Gasteiger partial charge in [-0.3, -0.25) is 4.79 Å². The number of halogens is 1. The number of amides is 1. The average Bonchev–Trinajstić information content (AvgIpc) is 3.12. The van der Waals surface area contributed by atoms with E-state index < -0.39 is 10.0 Å². The topological polar surface area (TPSA) is 129 Å². The lowest BCUT2D eigenvalue weighted by Crippen LogP contribution is -2.18. The van der Waals surface area contributed by atoms with E-state index in [-0.39, 0.29) is 34.6 Å². The first kappa shape index (κ1) is 19.8. The highest BCUT2D eigenvalue weighted by molar-refractivity contribution is 7.89. The molecule has 0 radical (unpaired) electrons. The van der Waals surface area contributed by atoms with Gasteiger partial charge in [0.1, 0.15) is 11.2 Å². The van der Waals surface area contributed by atoms with Crippen LogP contribution < -0.4 is 15.2 Å². The molecule has 146 valence electrons. The van der Waals surface area contributed by atoms with Crippen LogP contribution in [0.5, 0.6) is 6.01 Å². The van der Waals surface area contributed by atoms with Crippen molar-refractivity contribution in [3.63, 3.8) is 0 Å². The molecular formula is C17H16ClN5O4S. The van der Waals surface area contributed by atoms with Crippen LogP contribution in [0.4, 0.5) is 5.69 Å². The van der Waals surface area contributed by atoms with Crippen molar-refractivity contribution in [3.8, 4) is 11.7 Å². The molecule has 0 spiro atoms. The number of sulfonamides is 1. The number of nitrogens with zero attached hydrogens (tertiary/aromatic N) is 3. The quantitative estimate of drug-likeness (QED) is 0.623. The second-order valence-corrected chi connectivity index (χ2v) is 7.66. The molecular weight excluding hydrogens is 406 g/mol. The highest BCUT2D eigenvalue weighted by atomic mass is 35.5. The number of carbonyl (C=O) groups excluding carboxylic acids is 1. The second kappa shape index (κ2) is 7.97. The van der Waals surface area contributed by atoms with Crippen LogP contribution >= 0.6 is 11.6 Å². The van der Waals surface area contributed by atoms with Gasteiger partial charge in [-0.2, -0.15) is 4.98 Å². The summed E-state index contributed by atoms with van der Waals surface area (Å²) in [7, 11) is -2.72. The number of nitrogens with two attached hydrogens (primary N) is 1. The number of hydrogen-bond acceptors (Lipinski definition) is 6. The van der Waals surface area contributed by atoms with Gasteiger partial charge in [0, 0.05) is 10.7 Å². The van der Waals surface area contributed by atoms with E-state index in [0.717, 1.165) is 0 Å². The van der Waals surface area contributed by atoms with Gasteiger partial charge in [-0.05, 0) is 29.8 Å². The number of carbonyl (C=O) groups is 1. The van der Waals surface area contributed by atoms with Gasteiger partial charge in [-0.15, -0.1) is 5.10 Å². The summed E-state index contributed by atoms with van der Waals surface area (Å²) >= 11 is 6.06. The lowest BCUT2D eigenvalue weighted by atomic mass is 10.1. The number of aromatic nitrogens is 3. The molecule has 0 aliphatic carbocycles. The Hall–Kier alpha value is -2.95. The normalized spacial score (nSPS) is 11.2. The zero-order valence-electron chi connectivity index (χ0n) is 14.7. The van der Waals surface area contributed by atoms with Crippen LogP contribution in [-0.4, -0.2) is 36.2 Å². The van der Waals surface area contributed by atoms with Crippen LogP contribution in [0.3, 0.4) is 0 Å². The van der Waals surface area contributed by atoms with Gasteiger partial charge in [0.15, 0.2) is 0 Å². The van der Waals surface area contributed by atoms with Crippen LogP contribution in [0.1, 0.15) is 5.56 Å². The zero-order valence-corrected chi connectivity index (χ0v) is 16.2. The molecule has 0 saturated carbocycles. The van der Waals surface area contributed by atoms with Crippen LogP contribution in [0.2, 0.25) is 5.02 Å². The van der Waals surface area contributed by atoms with Crippen molar-refractivity contribution in [1.29, 1.82) is 0 Å². The molecule has 0 unspecified atom stereocenters. The van der Waals surface area contributed by atoms with Crippen molar-refractivity contribution >= 4 is 33.2 Å². The monoisotopic (exact) mass is 421 g/mol. The number of anilines is 1. The Morgan fingerprint density at radius 3 is 2.68 bits per heavy atom. The van der Waals surface area contributed by atoms with Crippen LogP contribution in [0.25, 0.3) is 5.69 Å². The third kappa shape index (κ3) is 4.47. The molecule has 1 heterocycles. The van der Waals surface area contributed by atoms with Gasteiger partial charge >= 0.3 is 6.01 Å². The molecule has 9 nitrogen and oxygen atoms in total. The fraction of sp³-hybridized carbons (Fsp3) is 0.118.